The molecule has 0 bridgehead atoms. The zero-order valence-electron chi connectivity index (χ0n) is 10.1. The van der Waals surface area contributed by atoms with Gasteiger partial charge in [0, 0.05) is 11.9 Å². The molecule has 0 fully saturated rings. The van der Waals surface area contributed by atoms with Gasteiger partial charge in [-0.05, 0) is 30.3 Å². The van der Waals surface area contributed by atoms with Gasteiger partial charge in [-0.15, -0.1) is 0 Å². The van der Waals surface area contributed by atoms with E-state index < -0.39 is 17.8 Å². The summed E-state index contributed by atoms with van der Waals surface area (Å²) in [4.78, 5) is 26.4. The molecule has 0 saturated carbocycles. The Labute approximate surface area is 118 Å². The van der Waals surface area contributed by atoms with Crippen molar-refractivity contribution < 1.29 is 14.0 Å². The molecular formula is C13H9ClFN3O2. The van der Waals surface area contributed by atoms with E-state index in [1.165, 1.54) is 36.5 Å². The number of amides is 2. The van der Waals surface area contributed by atoms with Crippen molar-refractivity contribution in [3.8, 4) is 0 Å². The third-order valence-corrected chi connectivity index (χ3v) is 2.82. The summed E-state index contributed by atoms with van der Waals surface area (Å²) < 4.78 is 13.3. The Morgan fingerprint density at radius 3 is 2.65 bits per heavy atom. The van der Waals surface area contributed by atoms with Gasteiger partial charge in [-0.2, -0.15) is 4.39 Å². The lowest BCUT2D eigenvalue weighted by Gasteiger charge is -2.07. The molecule has 102 valence electrons. The Hall–Kier alpha value is -2.47. The molecule has 1 aromatic heterocycles. The summed E-state index contributed by atoms with van der Waals surface area (Å²) >= 11 is 5.79. The van der Waals surface area contributed by atoms with E-state index in [-0.39, 0.29) is 21.8 Å². The molecule has 0 unspecified atom stereocenters. The number of carbonyl (C=O) groups is 2. The molecular weight excluding hydrogens is 285 g/mol. The molecule has 3 N–H and O–H groups in total. The number of rotatable bonds is 3. The van der Waals surface area contributed by atoms with E-state index >= 15 is 0 Å². The second kappa shape index (κ2) is 5.66. The smallest absolute Gasteiger partial charge is 0.260 e. The minimum atomic E-state index is -0.880. The van der Waals surface area contributed by atoms with Crippen molar-refractivity contribution in [1.82, 2.24) is 4.98 Å². The minimum absolute atomic E-state index is 0.0659. The zero-order valence-corrected chi connectivity index (χ0v) is 10.8. The number of nitrogens with two attached hydrogens (primary N) is 1. The maximum atomic E-state index is 13.3. The molecule has 20 heavy (non-hydrogen) atoms. The van der Waals surface area contributed by atoms with Gasteiger partial charge in [0.1, 0.15) is 0 Å². The van der Waals surface area contributed by atoms with E-state index in [2.05, 4.69) is 10.3 Å². The number of primary amides is 1. The van der Waals surface area contributed by atoms with Crippen molar-refractivity contribution in [3.05, 3.63) is 58.6 Å². The second-order valence-corrected chi connectivity index (χ2v) is 4.26. The van der Waals surface area contributed by atoms with E-state index in [1.807, 2.05) is 0 Å². The van der Waals surface area contributed by atoms with Gasteiger partial charge in [0.2, 0.25) is 11.9 Å². The summed E-state index contributed by atoms with van der Waals surface area (Å²) in [5, 5.41) is 2.61. The van der Waals surface area contributed by atoms with Crippen molar-refractivity contribution in [2.45, 2.75) is 0 Å². The predicted molar refractivity (Wildman–Crippen MR) is 72.1 cm³/mol. The van der Waals surface area contributed by atoms with Crippen LogP contribution in [0.2, 0.25) is 5.02 Å². The van der Waals surface area contributed by atoms with E-state index in [0.717, 1.165) is 0 Å². The molecule has 0 aliphatic carbocycles. The number of anilines is 1. The summed E-state index contributed by atoms with van der Waals surface area (Å²) in [7, 11) is 0. The average Bonchev–Trinajstić information content (AvgIpc) is 2.41. The van der Waals surface area contributed by atoms with Crippen LogP contribution in [0.15, 0.2) is 36.5 Å². The highest BCUT2D eigenvalue weighted by Crippen LogP contribution is 2.20. The first kappa shape index (κ1) is 14.0. The fraction of sp³-hybridized carbons (Fsp3) is 0. The van der Waals surface area contributed by atoms with Gasteiger partial charge in [-0.25, -0.2) is 4.98 Å². The molecule has 5 nitrogen and oxygen atoms in total. The molecule has 2 amide bonds. The van der Waals surface area contributed by atoms with E-state index in [0.29, 0.717) is 0 Å². The Morgan fingerprint density at radius 2 is 2.00 bits per heavy atom. The average molecular weight is 294 g/mol. The van der Waals surface area contributed by atoms with Crippen molar-refractivity contribution in [2.24, 2.45) is 5.73 Å². The SMILES string of the molecule is NC(=O)c1cc(NC(=O)c2cccnc2F)ccc1Cl. The Balaban J connectivity index is 2.27. The molecule has 0 aliphatic rings. The topological polar surface area (TPSA) is 85.1 Å². The fourth-order valence-electron chi connectivity index (χ4n) is 1.55. The molecule has 2 rings (SSSR count). The van der Waals surface area contributed by atoms with Gasteiger partial charge < -0.3 is 11.1 Å². The van der Waals surface area contributed by atoms with Crippen LogP contribution < -0.4 is 11.1 Å². The van der Waals surface area contributed by atoms with Gasteiger partial charge in [-0.1, -0.05) is 11.6 Å². The number of hydrogen-bond donors (Lipinski definition) is 2. The molecule has 7 heteroatoms. The lowest BCUT2D eigenvalue weighted by atomic mass is 10.2. The Morgan fingerprint density at radius 1 is 1.25 bits per heavy atom. The van der Waals surface area contributed by atoms with Crippen LogP contribution in [0.5, 0.6) is 0 Å². The van der Waals surface area contributed by atoms with E-state index in [9.17, 15) is 14.0 Å². The van der Waals surface area contributed by atoms with E-state index in [4.69, 9.17) is 17.3 Å². The first-order valence-corrected chi connectivity index (χ1v) is 5.88. The highest BCUT2D eigenvalue weighted by atomic mass is 35.5. The minimum Gasteiger partial charge on any atom is -0.366 e. The van der Waals surface area contributed by atoms with Crippen molar-refractivity contribution >= 4 is 29.1 Å². The molecule has 0 saturated heterocycles. The number of aromatic nitrogens is 1. The molecule has 1 heterocycles. The van der Waals surface area contributed by atoms with Gasteiger partial charge in [0.25, 0.3) is 5.91 Å². The molecule has 1 aromatic carbocycles. The number of pyridine rings is 1. The second-order valence-electron chi connectivity index (χ2n) is 3.85. The van der Waals surface area contributed by atoms with Gasteiger partial charge in [0.05, 0.1) is 16.1 Å². The number of carbonyl (C=O) groups excluding carboxylic acids is 2. The third-order valence-electron chi connectivity index (χ3n) is 2.49. The monoisotopic (exact) mass is 293 g/mol. The summed E-state index contributed by atoms with van der Waals surface area (Å²) in [6, 6.07) is 6.94. The number of halogens is 2. The van der Waals surface area contributed by atoms with Crippen LogP contribution in [0.4, 0.5) is 10.1 Å². The highest BCUT2D eigenvalue weighted by molar-refractivity contribution is 6.34. The maximum Gasteiger partial charge on any atom is 0.260 e. The lowest BCUT2D eigenvalue weighted by Crippen LogP contribution is -2.16. The van der Waals surface area contributed by atoms with Crippen LogP contribution >= 0.6 is 11.6 Å². The Bertz CT molecular complexity index is 691. The summed E-state index contributed by atoms with van der Waals surface area (Å²) in [6.07, 6.45) is 1.24. The van der Waals surface area contributed by atoms with Crippen molar-refractivity contribution in [1.29, 1.82) is 0 Å². The van der Waals surface area contributed by atoms with Crippen LogP contribution in [0.25, 0.3) is 0 Å². The number of nitrogens with zero attached hydrogens (tertiary/aromatic N) is 1. The largest absolute Gasteiger partial charge is 0.366 e. The molecule has 0 aliphatic heterocycles. The van der Waals surface area contributed by atoms with Crippen LogP contribution in [0.1, 0.15) is 20.7 Å². The molecule has 0 spiro atoms. The normalized spacial score (nSPS) is 10.1. The maximum absolute atomic E-state index is 13.3. The van der Waals surface area contributed by atoms with Gasteiger partial charge in [0.15, 0.2) is 0 Å². The van der Waals surface area contributed by atoms with Crippen LogP contribution in [-0.4, -0.2) is 16.8 Å². The summed E-state index contributed by atoms with van der Waals surface area (Å²) in [6.45, 7) is 0. The summed E-state index contributed by atoms with van der Waals surface area (Å²) in [5.41, 5.74) is 5.28. The standard InChI is InChI=1S/C13H9ClFN3O2/c14-10-4-3-7(6-9(10)12(16)19)18-13(20)8-2-1-5-17-11(8)15/h1-6H,(H2,16,19)(H,18,20). The number of benzene rings is 1. The number of nitrogens with one attached hydrogen (secondary N) is 1. The zero-order chi connectivity index (χ0) is 14.7. The lowest BCUT2D eigenvalue weighted by molar-refractivity contribution is 0.0995. The van der Waals surface area contributed by atoms with Crippen molar-refractivity contribution in [3.63, 3.8) is 0 Å². The van der Waals surface area contributed by atoms with Crippen LogP contribution in [-0.2, 0) is 0 Å². The molecule has 0 atom stereocenters. The van der Waals surface area contributed by atoms with Crippen LogP contribution in [0.3, 0.4) is 0 Å². The van der Waals surface area contributed by atoms with Crippen LogP contribution in [0, 0.1) is 5.95 Å². The Kier molecular flexibility index (Phi) is 3.95. The molecule has 0 radical (unpaired) electrons. The molecule has 2 aromatic rings. The highest BCUT2D eigenvalue weighted by Gasteiger charge is 2.14. The van der Waals surface area contributed by atoms with E-state index in [1.54, 1.807) is 0 Å². The van der Waals surface area contributed by atoms with Gasteiger partial charge in [-0.3, -0.25) is 9.59 Å². The predicted octanol–water partition coefficient (Wildman–Crippen LogP) is 2.23. The van der Waals surface area contributed by atoms with Gasteiger partial charge >= 0.3 is 0 Å². The first-order chi connectivity index (χ1) is 9.49. The third kappa shape index (κ3) is 2.92. The quantitative estimate of drug-likeness (QED) is 0.851. The van der Waals surface area contributed by atoms with Crippen molar-refractivity contribution in [2.75, 3.05) is 5.32 Å². The summed E-state index contributed by atoms with van der Waals surface area (Å²) in [5.74, 6) is -2.29. The fourth-order valence-corrected chi connectivity index (χ4v) is 1.76. The first-order valence-electron chi connectivity index (χ1n) is 5.50. The number of hydrogen-bond acceptors (Lipinski definition) is 3.